The number of aryl methyl sites for hydroxylation is 1. The molecule has 0 heterocycles. The SMILES string of the molecule is CCCCc1ccc(C(=O)O[C@@H](C)C[C@@H](C)O)cc1. The predicted octanol–water partition coefficient (Wildman–Crippen LogP) is 3.35. The summed E-state index contributed by atoms with van der Waals surface area (Å²) in [4.78, 5) is 11.9. The first-order chi connectivity index (χ1) is 9.02. The first-order valence-corrected chi connectivity index (χ1v) is 7.01. The topological polar surface area (TPSA) is 46.5 Å². The van der Waals surface area contributed by atoms with Crippen LogP contribution in [-0.2, 0) is 11.2 Å². The quantitative estimate of drug-likeness (QED) is 0.768. The minimum Gasteiger partial charge on any atom is -0.459 e. The van der Waals surface area contributed by atoms with E-state index in [1.807, 2.05) is 24.3 Å². The molecule has 1 aromatic rings. The van der Waals surface area contributed by atoms with Gasteiger partial charge in [-0.15, -0.1) is 0 Å². The summed E-state index contributed by atoms with van der Waals surface area (Å²) in [5, 5.41) is 9.23. The maximum atomic E-state index is 11.9. The molecule has 0 aliphatic carbocycles. The zero-order valence-corrected chi connectivity index (χ0v) is 12.1. The van der Waals surface area contributed by atoms with Crippen molar-refractivity contribution < 1.29 is 14.6 Å². The van der Waals surface area contributed by atoms with Crippen molar-refractivity contribution in [2.75, 3.05) is 0 Å². The van der Waals surface area contributed by atoms with Gasteiger partial charge in [-0.1, -0.05) is 25.5 Å². The molecule has 0 saturated carbocycles. The Morgan fingerprint density at radius 3 is 2.42 bits per heavy atom. The third-order valence-corrected chi connectivity index (χ3v) is 2.99. The fourth-order valence-corrected chi connectivity index (χ4v) is 1.97. The molecular formula is C16H24O3. The van der Waals surface area contributed by atoms with Crippen LogP contribution in [0.5, 0.6) is 0 Å². The summed E-state index contributed by atoms with van der Waals surface area (Å²) in [6.07, 6.45) is 3.10. The van der Waals surface area contributed by atoms with E-state index < -0.39 is 6.10 Å². The van der Waals surface area contributed by atoms with Crippen LogP contribution in [-0.4, -0.2) is 23.3 Å². The third-order valence-electron chi connectivity index (χ3n) is 2.99. The molecule has 0 amide bonds. The highest BCUT2D eigenvalue weighted by Crippen LogP contribution is 2.11. The number of aliphatic hydroxyl groups is 1. The lowest BCUT2D eigenvalue weighted by Gasteiger charge is -2.14. The highest BCUT2D eigenvalue weighted by molar-refractivity contribution is 5.89. The molecule has 0 aromatic heterocycles. The summed E-state index contributed by atoms with van der Waals surface area (Å²) < 4.78 is 5.27. The number of rotatable bonds is 7. The van der Waals surface area contributed by atoms with Crippen LogP contribution in [0.1, 0.15) is 56.0 Å². The number of carbonyl (C=O) groups excluding carboxylic acids is 1. The lowest BCUT2D eigenvalue weighted by atomic mass is 10.1. The van der Waals surface area contributed by atoms with E-state index in [9.17, 15) is 9.90 Å². The second-order valence-corrected chi connectivity index (χ2v) is 5.10. The molecule has 0 aliphatic rings. The molecule has 0 unspecified atom stereocenters. The molecule has 2 atom stereocenters. The van der Waals surface area contributed by atoms with Gasteiger partial charge in [0.1, 0.15) is 6.10 Å². The van der Waals surface area contributed by atoms with Crippen molar-refractivity contribution in [1.29, 1.82) is 0 Å². The van der Waals surface area contributed by atoms with Gasteiger partial charge in [0, 0.05) is 6.42 Å². The molecule has 1 rings (SSSR count). The number of aliphatic hydroxyl groups excluding tert-OH is 1. The summed E-state index contributed by atoms with van der Waals surface area (Å²) in [5.74, 6) is -0.324. The number of hydrogen-bond donors (Lipinski definition) is 1. The molecule has 3 nitrogen and oxygen atoms in total. The van der Waals surface area contributed by atoms with Crippen LogP contribution < -0.4 is 0 Å². The van der Waals surface area contributed by atoms with Crippen LogP contribution in [0.15, 0.2) is 24.3 Å². The van der Waals surface area contributed by atoms with Gasteiger partial charge in [-0.3, -0.25) is 0 Å². The van der Waals surface area contributed by atoms with Gasteiger partial charge >= 0.3 is 5.97 Å². The van der Waals surface area contributed by atoms with Crippen LogP contribution in [0.3, 0.4) is 0 Å². The summed E-state index contributed by atoms with van der Waals surface area (Å²) in [5.41, 5.74) is 1.81. The number of carbonyl (C=O) groups is 1. The molecular weight excluding hydrogens is 240 g/mol. The van der Waals surface area contributed by atoms with E-state index in [-0.39, 0.29) is 12.1 Å². The summed E-state index contributed by atoms with van der Waals surface area (Å²) in [6, 6.07) is 7.57. The molecule has 0 bridgehead atoms. The molecule has 0 fully saturated rings. The highest BCUT2D eigenvalue weighted by atomic mass is 16.5. The summed E-state index contributed by atoms with van der Waals surface area (Å²) >= 11 is 0. The average molecular weight is 264 g/mol. The van der Waals surface area contributed by atoms with Gasteiger partial charge in [0.25, 0.3) is 0 Å². The van der Waals surface area contributed by atoms with E-state index in [0.717, 1.165) is 12.8 Å². The van der Waals surface area contributed by atoms with Crippen molar-refractivity contribution in [2.45, 2.75) is 58.7 Å². The standard InChI is InChI=1S/C16H24O3/c1-4-5-6-14-7-9-15(10-8-14)16(18)19-13(3)11-12(2)17/h7-10,12-13,17H,4-6,11H2,1-3H3/t12-,13+/m1/s1. The number of hydrogen-bond acceptors (Lipinski definition) is 3. The fourth-order valence-electron chi connectivity index (χ4n) is 1.97. The van der Waals surface area contributed by atoms with Crippen molar-refractivity contribution in [1.82, 2.24) is 0 Å². The number of esters is 1. The van der Waals surface area contributed by atoms with Crippen molar-refractivity contribution in [3.63, 3.8) is 0 Å². The maximum absolute atomic E-state index is 11.9. The van der Waals surface area contributed by atoms with Crippen LogP contribution in [0.2, 0.25) is 0 Å². The molecule has 0 radical (unpaired) electrons. The Balaban J connectivity index is 2.53. The first-order valence-electron chi connectivity index (χ1n) is 7.01. The molecule has 1 N–H and O–H groups in total. The summed E-state index contributed by atoms with van der Waals surface area (Å²) in [6.45, 7) is 5.64. The average Bonchev–Trinajstić information content (AvgIpc) is 2.35. The zero-order chi connectivity index (χ0) is 14.3. The normalized spacial score (nSPS) is 13.9. The number of unbranched alkanes of at least 4 members (excludes halogenated alkanes) is 1. The molecule has 0 aliphatic heterocycles. The molecule has 0 spiro atoms. The van der Waals surface area contributed by atoms with E-state index >= 15 is 0 Å². The van der Waals surface area contributed by atoms with Crippen molar-refractivity contribution >= 4 is 5.97 Å². The van der Waals surface area contributed by atoms with Gasteiger partial charge < -0.3 is 9.84 Å². The zero-order valence-electron chi connectivity index (χ0n) is 12.1. The minimum atomic E-state index is -0.459. The van der Waals surface area contributed by atoms with Gasteiger partial charge in [0.05, 0.1) is 11.7 Å². The van der Waals surface area contributed by atoms with E-state index in [0.29, 0.717) is 12.0 Å². The second kappa shape index (κ2) is 7.95. The lowest BCUT2D eigenvalue weighted by molar-refractivity contribution is 0.0222. The second-order valence-electron chi connectivity index (χ2n) is 5.10. The first kappa shape index (κ1) is 15.7. The Hall–Kier alpha value is -1.35. The molecule has 3 heteroatoms. The van der Waals surface area contributed by atoms with E-state index in [2.05, 4.69) is 6.92 Å². The lowest BCUT2D eigenvalue weighted by Crippen LogP contribution is -2.19. The van der Waals surface area contributed by atoms with Crippen LogP contribution in [0.4, 0.5) is 0 Å². The maximum Gasteiger partial charge on any atom is 0.338 e. The van der Waals surface area contributed by atoms with Gasteiger partial charge in [-0.25, -0.2) is 4.79 Å². The molecule has 19 heavy (non-hydrogen) atoms. The van der Waals surface area contributed by atoms with E-state index in [1.54, 1.807) is 13.8 Å². The van der Waals surface area contributed by atoms with Crippen LogP contribution in [0.25, 0.3) is 0 Å². The van der Waals surface area contributed by atoms with E-state index in [4.69, 9.17) is 4.74 Å². The Morgan fingerprint density at radius 1 is 1.26 bits per heavy atom. The fraction of sp³-hybridized carbons (Fsp3) is 0.562. The van der Waals surface area contributed by atoms with Gasteiger partial charge in [0.15, 0.2) is 0 Å². The van der Waals surface area contributed by atoms with Crippen LogP contribution in [0, 0.1) is 0 Å². The molecule has 106 valence electrons. The van der Waals surface area contributed by atoms with Gasteiger partial charge in [-0.05, 0) is 44.4 Å². The van der Waals surface area contributed by atoms with Gasteiger partial charge in [-0.2, -0.15) is 0 Å². The Morgan fingerprint density at radius 2 is 1.89 bits per heavy atom. The Labute approximate surface area is 115 Å². The van der Waals surface area contributed by atoms with Crippen molar-refractivity contribution in [3.05, 3.63) is 35.4 Å². The Kier molecular flexibility index (Phi) is 6.57. The molecule has 1 aromatic carbocycles. The Bertz CT molecular complexity index is 381. The monoisotopic (exact) mass is 264 g/mol. The number of ether oxygens (including phenoxy) is 1. The third kappa shape index (κ3) is 5.88. The van der Waals surface area contributed by atoms with Crippen molar-refractivity contribution in [3.8, 4) is 0 Å². The van der Waals surface area contributed by atoms with Gasteiger partial charge in [0.2, 0.25) is 0 Å². The van der Waals surface area contributed by atoms with Crippen LogP contribution >= 0.6 is 0 Å². The summed E-state index contributed by atoms with van der Waals surface area (Å²) in [7, 11) is 0. The highest BCUT2D eigenvalue weighted by Gasteiger charge is 2.13. The predicted molar refractivity (Wildman–Crippen MR) is 76.2 cm³/mol. The van der Waals surface area contributed by atoms with Crippen molar-refractivity contribution in [2.24, 2.45) is 0 Å². The largest absolute Gasteiger partial charge is 0.459 e. The van der Waals surface area contributed by atoms with E-state index in [1.165, 1.54) is 12.0 Å². The smallest absolute Gasteiger partial charge is 0.338 e. The molecule has 0 saturated heterocycles. The minimum absolute atomic E-state index is 0.271. The number of benzene rings is 1.